The van der Waals surface area contributed by atoms with Crippen molar-refractivity contribution in [1.82, 2.24) is 15.5 Å². The molecule has 0 saturated heterocycles. The van der Waals surface area contributed by atoms with Crippen molar-refractivity contribution < 1.29 is 4.79 Å². The monoisotopic (exact) mass is 314 g/mol. The van der Waals surface area contributed by atoms with E-state index in [1.165, 1.54) is 0 Å². The van der Waals surface area contributed by atoms with Gasteiger partial charge in [-0.15, -0.1) is 0 Å². The zero-order valence-electron chi connectivity index (χ0n) is 13.7. The molecule has 0 radical (unpaired) electrons. The lowest BCUT2D eigenvalue weighted by Gasteiger charge is -2.12. The van der Waals surface area contributed by atoms with Gasteiger partial charge in [0.25, 0.3) is 5.56 Å². The van der Waals surface area contributed by atoms with Crippen LogP contribution in [0.5, 0.6) is 0 Å². The molecule has 23 heavy (non-hydrogen) atoms. The van der Waals surface area contributed by atoms with Crippen molar-refractivity contribution in [2.75, 3.05) is 5.32 Å². The van der Waals surface area contributed by atoms with Crippen LogP contribution in [0.1, 0.15) is 36.2 Å². The molecule has 2 amide bonds. The zero-order valence-corrected chi connectivity index (χ0v) is 13.7. The number of nitrogens with one attached hydrogen (secondary N) is 3. The van der Waals surface area contributed by atoms with Gasteiger partial charge in [0.15, 0.2) is 0 Å². The van der Waals surface area contributed by atoms with E-state index in [2.05, 4.69) is 20.8 Å². The van der Waals surface area contributed by atoms with E-state index in [1.807, 2.05) is 45.0 Å². The summed E-state index contributed by atoms with van der Waals surface area (Å²) in [5.74, 6) is 0. The average molecular weight is 314 g/mol. The summed E-state index contributed by atoms with van der Waals surface area (Å²) in [4.78, 5) is 24.0. The van der Waals surface area contributed by atoms with Gasteiger partial charge in [-0.05, 0) is 37.5 Å². The minimum absolute atomic E-state index is 0.172. The summed E-state index contributed by atoms with van der Waals surface area (Å²) >= 11 is 0. The predicted octanol–water partition coefficient (Wildman–Crippen LogP) is 2.52. The Morgan fingerprint density at radius 2 is 1.83 bits per heavy atom. The van der Waals surface area contributed by atoms with Crippen molar-refractivity contribution in [3.63, 3.8) is 0 Å². The zero-order chi connectivity index (χ0) is 16.8. The molecule has 6 nitrogen and oxygen atoms in total. The third kappa shape index (κ3) is 4.18. The fourth-order valence-electron chi connectivity index (χ4n) is 2.44. The highest BCUT2D eigenvalue weighted by molar-refractivity contribution is 5.89. The lowest BCUT2D eigenvalue weighted by atomic mass is 10.0. The van der Waals surface area contributed by atoms with E-state index in [4.69, 9.17) is 0 Å². The SMILES string of the molecule is CCc1n[nH]c(=O)c(CNC(=O)Nc2ccc(C)cc2)c1CC. The first kappa shape index (κ1) is 16.7. The quantitative estimate of drug-likeness (QED) is 0.792. The molecule has 0 aliphatic carbocycles. The van der Waals surface area contributed by atoms with E-state index >= 15 is 0 Å². The molecule has 0 fully saturated rings. The molecule has 1 aromatic carbocycles. The molecule has 0 spiro atoms. The highest BCUT2D eigenvalue weighted by Crippen LogP contribution is 2.11. The summed E-state index contributed by atoms with van der Waals surface area (Å²) in [7, 11) is 0. The summed E-state index contributed by atoms with van der Waals surface area (Å²) in [5.41, 5.74) is 3.92. The Morgan fingerprint density at radius 1 is 1.13 bits per heavy atom. The highest BCUT2D eigenvalue weighted by atomic mass is 16.2. The number of anilines is 1. The van der Waals surface area contributed by atoms with E-state index < -0.39 is 0 Å². The van der Waals surface area contributed by atoms with E-state index in [-0.39, 0.29) is 18.1 Å². The van der Waals surface area contributed by atoms with E-state index in [0.29, 0.717) is 17.7 Å². The second kappa shape index (κ2) is 7.58. The molecule has 1 heterocycles. The number of aryl methyl sites for hydroxylation is 2. The fraction of sp³-hybridized carbons (Fsp3) is 0.353. The van der Waals surface area contributed by atoms with Crippen molar-refractivity contribution >= 4 is 11.7 Å². The number of hydrogen-bond donors (Lipinski definition) is 3. The minimum atomic E-state index is -0.342. The number of urea groups is 1. The van der Waals surface area contributed by atoms with Gasteiger partial charge in [0.1, 0.15) is 0 Å². The largest absolute Gasteiger partial charge is 0.334 e. The second-order valence-electron chi connectivity index (χ2n) is 5.34. The van der Waals surface area contributed by atoms with Gasteiger partial charge in [0, 0.05) is 11.3 Å². The normalized spacial score (nSPS) is 10.4. The van der Waals surface area contributed by atoms with Gasteiger partial charge in [-0.1, -0.05) is 31.5 Å². The maximum Gasteiger partial charge on any atom is 0.319 e. The standard InChI is InChI=1S/C17H22N4O2/c1-4-13-14(16(22)21-20-15(13)5-2)10-18-17(23)19-12-8-6-11(3)7-9-12/h6-9H,4-5,10H2,1-3H3,(H,21,22)(H2,18,19,23). The molecule has 0 aliphatic rings. The number of aromatic amines is 1. The van der Waals surface area contributed by atoms with Crippen LogP contribution in [-0.2, 0) is 19.4 Å². The molecule has 0 bridgehead atoms. The first-order valence-corrected chi connectivity index (χ1v) is 7.76. The average Bonchev–Trinajstić information content (AvgIpc) is 2.55. The summed E-state index contributed by atoms with van der Waals surface area (Å²) in [6.07, 6.45) is 1.44. The van der Waals surface area contributed by atoms with Gasteiger partial charge in [-0.2, -0.15) is 5.10 Å². The van der Waals surface area contributed by atoms with Gasteiger partial charge in [0.2, 0.25) is 0 Å². The number of amides is 2. The molecule has 1 aromatic heterocycles. The highest BCUT2D eigenvalue weighted by Gasteiger charge is 2.12. The Labute approximate surface area is 135 Å². The van der Waals surface area contributed by atoms with Crippen molar-refractivity contribution in [2.45, 2.75) is 40.2 Å². The lowest BCUT2D eigenvalue weighted by molar-refractivity contribution is 0.251. The number of rotatable bonds is 5. The maximum atomic E-state index is 12.0. The van der Waals surface area contributed by atoms with Crippen LogP contribution in [0.25, 0.3) is 0 Å². The van der Waals surface area contributed by atoms with Crippen molar-refractivity contribution in [1.29, 1.82) is 0 Å². The molecule has 122 valence electrons. The van der Waals surface area contributed by atoms with Crippen molar-refractivity contribution in [2.24, 2.45) is 0 Å². The molecule has 2 aromatic rings. The second-order valence-corrected chi connectivity index (χ2v) is 5.34. The van der Waals surface area contributed by atoms with Crippen LogP contribution in [0, 0.1) is 6.92 Å². The maximum absolute atomic E-state index is 12.0. The molecule has 2 rings (SSSR count). The van der Waals surface area contributed by atoms with Crippen molar-refractivity contribution in [3.8, 4) is 0 Å². The molecule has 0 atom stereocenters. The van der Waals surface area contributed by atoms with E-state index in [9.17, 15) is 9.59 Å². The van der Waals surface area contributed by atoms with Crippen LogP contribution in [0.3, 0.4) is 0 Å². The van der Waals surface area contributed by atoms with Gasteiger partial charge in [-0.3, -0.25) is 4.79 Å². The molecule has 0 aliphatic heterocycles. The summed E-state index contributed by atoms with van der Waals surface area (Å²) in [5, 5.41) is 12.0. The smallest absolute Gasteiger partial charge is 0.319 e. The predicted molar refractivity (Wildman–Crippen MR) is 90.7 cm³/mol. The molecule has 0 saturated carbocycles. The van der Waals surface area contributed by atoms with Crippen LogP contribution in [-0.4, -0.2) is 16.2 Å². The number of aromatic nitrogens is 2. The first-order chi connectivity index (χ1) is 11.0. The topological polar surface area (TPSA) is 86.9 Å². The summed E-state index contributed by atoms with van der Waals surface area (Å²) < 4.78 is 0. The molecule has 6 heteroatoms. The van der Waals surface area contributed by atoms with Crippen molar-refractivity contribution in [3.05, 3.63) is 57.0 Å². The lowest BCUT2D eigenvalue weighted by Crippen LogP contribution is -2.32. The van der Waals surface area contributed by atoms with Gasteiger partial charge in [-0.25, -0.2) is 9.89 Å². The number of hydrogen-bond acceptors (Lipinski definition) is 3. The molecular weight excluding hydrogens is 292 g/mol. The van der Waals surface area contributed by atoms with E-state index in [1.54, 1.807) is 0 Å². The van der Waals surface area contributed by atoms with E-state index in [0.717, 1.165) is 23.2 Å². The minimum Gasteiger partial charge on any atom is -0.334 e. The van der Waals surface area contributed by atoms with Crippen LogP contribution in [0.15, 0.2) is 29.1 Å². The third-order valence-corrected chi connectivity index (χ3v) is 3.70. The van der Waals surface area contributed by atoms with Crippen LogP contribution in [0.4, 0.5) is 10.5 Å². The third-order valence-electron chi connectivity index (χ3n) is 3.70. The summed E-state index contributed by atoms with van der Waals surface area (Å²) in [6, 6.07) is 7.17. The number of carbonyl (C=O) groups is 1. The van der Waals surface area contributed by atoms with Crippen LogP contribution >= 0.6 is 0 Å². The van der Waals surface area contributed by atoms with Crippen LogP contribution < -0.4 is 16.2 Å². The fourth-order valence-corrected chi connectivity index (χ4v) is 2.44. The Kier molecular flexibility index (Phi) is 5.51. The first-order valence-electron chi connectivity index (χ1n) is 7.76. The van der Waals surface area contributed by atoms with Gasteiger partial charge < -0.3 is 10.6 Å². The molecule has 0 unspecified atom stereocenters. The van der Waals surface area contributed by atoms with Crippen LogP contribution in [0.2, 0.25) is 0 Å². The molecular formula is C17H22N4O2. The number of nitrogens with zero attached hydrogens (tertiary/aromatic N) is 1. The Balaban J connectivity index is 2.07. The van der Waals surface area contributed by atoms with Gasteiger partial charge in [0.05, 0.1) is 12.2 Å². The van der Waals surface area contributed by atoms with Gasteiger partial charge >= 0.3 is 6.03 Å². The Bertz CT molecular complexity index is 735. The molecule has 3 N–H and O–H groups in total. The Hall–Kier alpha value is -2.63. The number of carbonyl (C=O) groups excluding carboxylic acids is 1. The Morgan fingerprint density at radius 3 is 2.43 bits per heavy atom. The number of benzene rings is 1. The number of H-pyrrole nitrogens is 1. The summed E-state index contributed by atoms with van der Waals surface area (Å²) in [6.45, 7) is 6.12.